The van der Waals surface area contributed by atoms with Crippen LogP contribution >= 0.6 is 0 Å². The van der Waals surface area contributed by atoms with Gasteiger partial charge in [-0.05, 0) is 86.5 Å². The third kappa shape index (κ3) is 5.51. The minimum absolute atomic E-state index is 0.0257. The minimum atomic E-state index is -0.243. The van der Waals surface area contributed by atoms with Crippen molar-refractivity contribution in [3.05, 3.63) is 87.0 Å². The molecule has 0 bridgehead atoms. The average molecular weight is 473 g/mol. The van der Waals surface area contributed by atoms with Crippen LogP contribution in [-0.2, 0) is 18.5 Å². The lowest BCUT2D eigenvalue weighted by Crippen LogP contribution is -2.36. The molecule has 184 valence electrons. The Morgan fingerprint density at radius 1 is 1.09 bits per heavy atom. The average Bonchev–Trinajstić information content (AvgIpc) is 3.30. The maximum absolute atomic E-state index is 13.2. The van der Waals surface area contributed by atoms with Gasteiger partial charge in [0.05, 0.1) is 17.1 Å². The second-order valence-corrected chi connectivity index (χ2v) is 10.4. The molecule has 7 nitrogen and oxygen atoms in total. The highest BCUT2D eigenvalue weighted by Gasteiger charge is 2.29. The molecule has 0 saturated carbocycles. The molecule has 0 aliphatic rings. The Morgan fingerprint density at radius 3 is 2.51 bits per heavy atom. The molecule has 35 heavy (non-hydrogen) atoms. The molecule has 0 saturated heterocycles. The van der Waals surface area contributed by atoms with Crippen molar-refractivity contribution in [2.45, 2.75) is 72.5 Å². The Hall–Kier alpha value is -3.32. The van der Waals surface area contributed by atoms with Crippen LogP contribution in [0.1, 0.15) is 68.2 Å². The van der Waals surface area contributed by atoms with Gasteiger partial charge in [0.25, 0.3) is 5.56 Å². The van der Waals surface area contributed by atoms with Crippen molar-refractivity contribution in [1.82, 2.24) is 30.1 Å². The Balaban J connectivity index is 1.74. The van der Waals surface area contributed by atoms with Crippen molar-refractivity contribution in [2.24, 2.45) is 0 Å². The summed E-state index contributed by atoms with van der Waals surface area (Å²) in [4.78, 5) is 18.7. The van der Waals surface area contributed by atoms with Crippen LogP contribution in [-0.4, -0.2) is 36.6 Å². The molecular weight excluding hydrogens is 436 g/mol. The number of aryl methyl sites for hydroxylation is 2. The zero-order valence-corrected chi connectivity index (χ0v) is 21.7. The van der Waals surface area contributed by atoms with E-state index in [1.54, 1.807) is 0 Å². The zero-order chi connectivity index (χ0) is 25.2. The van der Waals surface area contributed by atoms with Crippen LogP contribution in [0.4, 0.5) is 0 Å². The zero-order valence-electron chi connectivity index (χ0n) is 21.7. The van der Waals surface area contributed by atoms with Crippen molar-refractivity contribution in [3.63, 3.8) is 0 Å². The Labute approximate surface area is 207 Å². The van der Waals surface area contributed by atoms with Gasteiger partial charge in [0.1, 0.15) is 0 Å². The van der Waals surface area contributed by atoms with Crippen LogP contribution in [0.25, 0.3) is 10.9 Å². The number of tetrazole rings is 1. The first-order valence-corrected chi connectivity index (χ1v) is 12.4. The number of hydrogen-bond donors (Lipinski definition) is 1. The van der Waals surface area contributed by atoms with Gasteiger partial charge in [-0.15, -0.1) is 5.10 Å². The van der Waals surface area contributed by atoms with Crippen LogP contribution in [0.3, 0.4) is 0 Å². The van der Waals surface area contributed by atoms with Crippen molar-refractivity contribution >= 4 is 10.9 Å². The number of nitrogens with zero attached hydrogens (tertiary/aromatic N) is 5. The maximum Gasteiger partial charge on any atom is 0.252 e. The van der Waals surface area contributed by atoms with Gasteiger partial charge in [0.2, 0.25) is 0 Å². The summed E-state index contributed by atoms with van der Waals surface area (Å²) in [5.41, 5.74) is 4.91. The fourth-order valence-corrected chi connectivity index (χ4v) is 4.81. The van der Waals surface area contributed by atoms with Gasteiger partial charge >= 0.3 is 0 Å². The second-order valence-electron chi connectivity index (χ2n) is 10.4. The van der Waals surface area contributed by atoms with E-state index in [9.17, 15) is 4.79 Å². The molecule has 0 amide bonds. The third-order valence-electron chi connectivity index (χ3n) is 6.53. The molecule has 0 aliphatic carbocycles. The van der Waals surface area contributed by atoms with E-state index < -0.39 is 0 Å². The van der Waals surface area contributed by atoms with E-state index in [4.69, 9.17) is 0 Å². The van der Waals surface area contributed by atoms with Gasteiger partial charge in [-0.2, -0.15) is 0 Å². The molecule has 7 heteroatoms. The summed E-state index contributed by atoms with van der Waals surface area (Å²) >= 11 is 0. The molecule has 4 rings (SSSR count). The highest BCUT2D eigenvalue weighted by atomic mass is 16.1. The predicted octanol–water partition coefficient (Wildman–Crippen LogP) is 5.08. The number of fused-ring (bicyclic) bond motifs is 1. The summed E-state index contributed by atoms with van der Waals surface area (Å²) in [6.45, 7) is 13.9. The molecule has 0 radical (unpaired) electrons. The van der Waals surface area contributed by atoms with Gasteiger partial charge in [0.15, 0.2) is 5.82 Å². The molecule has 1 N–H and O–H groups in total. The van der Waals surface area contributed by atoms with E-state index in [1.165, 1.54) is 11.1 Å². The van der Waals surface area contributed by atoms with Gasteiger partial charge in [-0.1, -0.05) is 48.9 Å². The Bertz CT molecular complexity index is 1350. The monoisotopic (exact) mass is 472 g/mol. The topological polar surface area (TPSA) is 79.7 Å². The highest BCUT2D eigenvalue weighted by Crippen LogP contribution is 2.28. The third-order valence-corrected chi connectivity index (χ3v) is 6.53. The summed E-state index contributed by atoms with van der Waals surface area (Å²) in [7, 11) is 0. The first-order valence-electron chi connectivity index (χ1n) is 12.4. The molecule has 0 fully saturated rings. The molecule has 2 heterocycles. The number of rotatable bonds is 8. The Morgan fingerprint density at radius 2 is 1.83 bits per heavy atom. The quantitative estimate of drug-likeness (QED) is 0.387. The van der Waals surface area contributed by atoms with Crippen LogP contribution in [0, 0.1) is 13.8 Å². The molecular formula is C28H36N6O. The highest BCUT2D eigenvalue weighted by molar-refractivity contribution is 5.82. The second kappa shape index (κ2) is 10.1. The molecule has 1 atom stereocenters. The molecule has 2 aromatic heterocycles. The van der Waals surface area contributed by atoms with Crippen molar-refractivity contribution in [1.29, 1.82) is 0 Å². The summed E-state index contributed by atoms with van der Waals surface area (Å²) in [6, 6.07) is 16.7. The van der Waals surface area contributed by atoms with E-state index in [1.807, 2.05) is 23.7 Å². The number of benzene rings is 2. The first-order chi connectivity index (χ1) is 16.7. The first kappa shape index (κ1) is 24.8. The summed E-state index contributed by atoms with van der Waals surface area (Å²) in [5, 5.41) is 13.8. The van der Waals surface area contributed by atoms with Crippen LogP contribution < -0.4 is 5.56 Å². The summed E-state index contributed by atoms with van der Waals surface area (Å²) in [6.07, 6.45) is 1.70. The van der Waals surface area contributed by atoms with Crippen LogP contribution in [0.5, 0.6) is 0 Å². The van der Waals surface area contributed by atoms with E-state index in [0.29, 0.717) is 6.54 Å². The van der Waals surface area contributed by atoms with Gasteiger partial charge in [-0.3, -0.25) is 9.69 Å². The fraction of sp³-hybridized carbons (Fsp3) is 0.429. The number of aromatic nitrogens is 5. The molecule has 0 spiro atoms. The number of pyridine rings is 1. The number of H-pyrrole nitrogens is 1. The largest absolute Gasteiger partial charge is 0.321 e. The number of aromatic amines is 1. The standard InChI is InChI=1S/C28H36N6O/c1-7-24(26-30-31-32-34(26)28(4,5)6)33(14-13-21-11-9-8-10-12-21)18-23-17-22-16-19(2)15-20(3)25(22)29-27(23)35/h8-12,15-17,24H,7,13-14,18H2,1-6H3,(H,29,35). The maximum atomic E-state index is 13.2. The summed E-state index contributed by atoms with van der Waals surface area (Å²) < 4.78 is 1.91. The van der Waals surface area contributed by atoms with Crippen molar-refractivity contribution in [2.75, 3.05) is 6.54 Å². The predicted molar refractivity (Wildman–Crippen MR) is 140 cm³/mol. The van der Waals surface area contributed by atoms with Gasteiger partial charge in [-0.25, -0.2) is 4.68 Å². The minimum Gasteiger partial charge on any atom is -0.321 e. The molecule has 0 aliphatic heterocycles. The SMILES string of the molecule is CCC(c1nnnn1C(C)(C)C)N(CCc1ccccc1)Cc1cc2cc(C)cc(C)c2[nH]c1=O. The molecule has 2 aromatic carbocycles. The van der Waals surface area contributed by atoms with E-state index >= 15 is 0 Å². The van der Waals surface area contributed by atoms with Gasteiger partial charge in [0, 0.05) is 18.7 Å². The van der Waals surface area contributed by atoms with Crippen molar-refractivity contribution in [3.8, 4) is 0 Å². The summed E-state index contributed by atoms with van der Waals surface area (Å²) in [5.74, 6) is 0.831. The molecule has 4 aromatic rings. The fourth-order valence-electron chi connectivity index (χ4n) is 4.81. The normalized spacial score (nSPS) is 13.0. The lowest BCUT2D eigenvalue weighted by molar-refractivity contribution is 0.163. The van der Waals surface area contributed by atoms with Crippen LogP contribution in [0.15, 0.2) is 53.3 Å². The van der Waals surface area contributed by atoms with E-state index in [-0.39, 0.29) is 17.1 Å². The van der Waals surface area contributed by atoms with Gasteiger partial charge < -0.3 is 4.98 Å². The smallest absolute Gasteiger partial charge is 0.252 e. The lowest BCUT2D eigenvalue weighted by Gasteiger charge is -2.32. The van der Waals surface area contributed by atoms with Crippen LogP contribution in [0.2, 0.25) is 0 Å². The number of hydrogen-bond acceptors (Lipinski definition) is 5. The lowest BCUT2D eigenvalue weighted by atomic mass is 10.0. The van der Waals surface area contributed by atoms with E-state index in [0.717, 1.165) is 47.2 Å². The number of nitrogens with one attached hydrogen (secondary N) is 1. The van der Waals surface area contributed by atoms with Crippen molar-refractivity contribution < 1.29 is 0 Å². The molecule has 1 unspecified atom stereocenters. The Kier molecular flexibility index (Phi) is 7.17. The van der Waals surface area contributed by atoms with E-state index in [2.05, 4.69) is 96.4 Å².